The van der Waals surface area contributed by atoms with E-state index in [2.05, 4.69) is 10.3 Å². The molecule has 0 spiro atoms. The van der Waals surface area contributed by atoms with Crippen molar-refractivity contribution in [2.45, 2.75) is 6.54 Å². The highest BCUT2D eigenvalue weighted by Crippen LogP contribution is 2.33. The summed E-state index contributed by atoms with van der Waals surface area (Å²) >= 11 is 1.66. The molecule has 1 aliphatic rings. The van der Waals surface area contributed by atoms with Crippen LogP contribution in [-0.4, -0.2) is 50.5 Å². The van der Waals surface area contributed by atoms with Crippen molar-refractivity contribution in [2.75, 3.05) is 45.3 Å². The van der Waals surface area contributed by atoms with Crippen LogP contribution in [0.2, 0.25) is 0 Å². The Labute approximate surface area is 174 Å². The third kappa shape index (κ3) is 4.31. The highest BCUT2D eigenvalue weighted by atomic mass is 32.1. The van der Waals surface area contributed by atoms with Crippen LogP contribution >= 0.6 is 11.3 Å². The van der Waals surface area contributed by atoms with E-state index in [-0.39, 0.29) is 0 Å². The number of para-hydroxylation sites is 2. The van der Waals surface area contributed by atoms with Crippen molar-refractivity contribution in [1.82, 2.24) is 4.98 Å². The van der Waals surface area contributed by atoms with Gasteiger partial charge in [0.2, 0.25) is 0 Å². The highest BCUT2D eigenvalue weighted by Gasteiger charge is 2.22. The first-order valence-corrected chi connectivity index (χ1v) is 10.6. The number of methoxy groups -OCH3 is 2. The van der Waals surface area contributed by atoms with E-state index in [1.807, 2.05) is 36.4 Å². The second-order valence-electron chi connectivity index (χ2n) is 7.12. The minimum absolute atomic E-state index is 0.356. The summed E-state index contributed by atoms with van der Waals surface area (Å²) in [6, 6.07) is 13.5. The molecular formula is C22H26N3O3S+. The molecule has 7 heteroatoms. The normalized spacial score (nSPS) is 14.8. The molecule has 1 aliphatic heterocycles. The number of phenols is 1. The summed E-state index contributed by atoms with van der Waals surface area (Å²) in [7, 11) is 3.29. The number of hydrogen-bond donors (Lipinski definition) is 2. The standard InChI is InChI=1S/C22H25N3O3S/c1-27-20-8-7-16(13-21(20)28-2)22-23-17(15-29-22)14-24-9-11-25(12-10-24)18-5-3-4-6-19(18)26/h3-8,13,15,26H,9-12,14H2,1-2H3/p+1. The second-order valence-corrected chi connectivity index (χ2v) is 7.97. The molecule has 1 aromatic heterocycles. The minimum atomic E-state index is 0.356. The molecule has 2 heterocycles. The smallest absolute Gasteiger partial charge is 0.161 e. The molecule has 0 atom stereocenters. The van der Waals surface area contributed by atoms with Gasteiger partial charge in [-0.1, -0.05) is 12.1 Å². The summed E-state index contributed by atoms with van der Waals surface area (Å²) in [5.74, 6) is 1.79. The fraction of sp³-hybridized carbons (Fsp3) is 0.318. The van der Waals surface area contributed by atoms with Crippen molar-refractivity contribution in [3.05, 3.63) is 53.5 Å². The maximum atomic E-state index is 10.1. The van der Waals surface area contributed by atoms with Crippen molar-refractivity contribution in [2.24, 2.45) is 0 Å². The molecule has 0 amide bonds. The van der Waals surface area contributed by atoms with E-state index < -0.39 is 0 Å². The number of thiazole rings is 1. The lowest BCUT2D eigenvalue weighted by atomic mass is 10.2. The van der Waals surface area contributed by atoms with Crippen LogP contribution in [0.15, 0.2) is 47.8 Å². The summed E-state index contributed by atoms with van der Waals surface area (Å²) in [5, 5.41) is 13.2. The van der Waals surface area contributed by atoms with Crippen LogP contribution in [0.25, 0.3) is 10.6 Å². The van der Waals surface area contributed by atoms with Gasteiger partial charge in [-0.2, -0.15) is 0 Å². The van der Waals surface area contributed by atoms with Crippen LogP contribution in [0.5, 0.6) is 17.2 Å². The van der Waals surface area contributed by atoms with Crippen LogP contribution in [0, 0.1) is 0 Å². The molecule has 1 saturated heterocycles. The van der Waals surface area contributed by atoms with Crippen LogP contribution in [0.3, 0.4) is 0 Å². The Balaban J connectivity index is 1.38. The number of benzene rings is 2. The van der Waals surface area contributed by atoms with Crippen molar-refractivity contribution in [3.63, 3.8) is 0 Å². The average Bonchev–Trinajstić information content (AvgIpc) is 3.23. The maximum absolute atomic E-state index is 10.1. The van der Waals surface area contributed by atoms with Gasteiger partial charge >= 0.3 is 0 Å². The van der Waals surface area contributed by atoms with Crippen LogP contribution in [0.4, 0.5) is 5.69 Å². The van der Waals surface area contributed by atoms with Crippen molar-refractivity contribution >= 4 is 17.0 Å². The fourth-order valence-corrected chi connectivity index (χ4v) is 4.54. The first kappa shape index (κ1) is 19.5. The molecule has 0 unspecified atom stereocenters. The van der Waals surface area contributed by atoms with Gasteiger partial charge in [-0.15, -0.1) is 11.3 Å². The summed E-state index contributed by atoms with van der Waals surface area (Å²) < 4.78 is 10.7. The van der Waals surface area contributed by atoms with Gasteiger partial charge in [0.05, 0.1) is 46.1 Å². The van der Waals surface area contributed by atoms with Gasteiger partial charge in [0.25, 0.3) is 0 Å². The maximum Gasteiger partial charge on any atom is 0.161 e. The lowest BCUT2D eigenvalue weighted by Crippen LogP contribution is -3.13. The van der Waals surface area contributed by atoms with Crippen molar-refractivity contribution < 1.29 is 19.5 Å². The summed E-state index contributed by atoms with van der Waals surface area (Å²) in [6.07, 6.45) is 0. The molecule has 3 aromatic rings. The number of nitrogens with one attached hydrogen (secondary N) is 1. The Kier molecular flexibility index (Phi) is 5.87. The average molecular weight is 413 g/mol. The number of nitrogens with zero attached hydrogens (tertiary/aromatic N) is 2. The highest BCUT2D eigenvalue weighted by molar-refractivity contribution is 7.13. The molecule has 0 radical (unpaired) electrons. The van der Waals surface area contributed by atoms with Gasteiger partial charge in [0, 0.05) is 10.9 Å². The monoisotopic (exact) mass is 412 g/mol. The predicted molar refractivity (Wildman–Crippen MR) is 115 cm³/mol. The molecule has 2 aromatic carbocycles. The quantitative estimate of drug-likeness (QED) is 0.651. The second kappa shape index (κ2) is 8.71. The fourth-order valence-electron chi connectivity index (χ4n) is 3.72. The summed E-state index contributed by atoms with van der Waals surface area (Å²) in [5.41, 5.74) is 3.08. The number of piperazine rings is 1. The molecule has 29 heavy (non-hydrogen) atoms. The zero-order valence-corrected chi connectivity index (χ0v) is 17.5. The van der Waals surface area contributed by atoms with E-state index in [1.165, 1.54) is 4.90 Å². The molecule has 0 aliphatic carbocycles. The Bertz CT molecular complexity index is 967. The predicted octanol–water partition coefficient (Wildman–Crippen LogP) is 2.44. The van der Waals surface area contributed by atoms with Crippen LogP contribution in [-0.2, 0) is 6.54 Å². The Morgan fingerprint density at radius 3 is 2.55 bits per heavy atom. The van der Waals surface area contributed by atoms with E-state index >= 15 is 0 Å². The zero-order valence-electron chi connectivity index (χ0n) is 16.7. The van der Waals surface area contributed by atoms with Gasteiger partial charge in [-0.05, 0) is 30.3 Å². The Morgan fingerprint density at radius 2 is 1.83 bits per heavy atom. The third-order valence-electron chi connectivity index (χ3n) is 5.31. The molecule has 152 valence electrons. The molecule has 6 nitrogen and oxygen atoms in total. The first-order chi connectivity index (χ1) is 14.2. The number of ether oxygens (including phenoxy) is 2. The number of aromatic nitrogens is 1. The largest absolute Gasteiger partial charge is 0.506 e. The minimum Gasteiger partial charge on any atom is -0.506 e. The van der Waals surface area contributed by atoms with Gasteiger partial charge in [0.15, 0.2) is 11.5 Å². The van der Waals surface area contributed by atoms with E-state index in [9.17, 15) is 5.11 Å². The van der Waals surface area contributed by atoms with Gasteiger partial charge in [-0.3, -0.25) is 0 Å². The molecule has 2 N–H and O–H groups in total. The van der Waals surface area contributed by atoms with Crippen molar-refractivity contribution in [3.8, 4) is 27.8 Å². The zero-order chi connectivity index (χ0) is 20.2. The topological polar surface area (TPSA) is 59.3 Å². The SMILES string of the molecule is COc1ccc(-c2nc(C[NH+]3CCN(c4ccccc4O)CC3)cs2)cc1OC. The van der Waals surface area contributed by atoms with E-state index in [4.69, 9.17) is 14.5 Å². The molecule has 1 fully saturated rings. The summed E-state index contributed by atoms with van der Waals surface area (Å²) in [6.45, 7) is 4.83. The van der Waals surface area contributed by atoms with Crippen LogP contribution in [0.1, 0.15) is 5.69 Å². The van der Waals surface area contributed by atoms with Crippen molar-refractivity contribution in [1.29, 1.82) is 0 Å². The van der Waals surface area contributed by atoms with E-state index in [1.54, 1.807) is 31.6 Å². The lowest BCUT2D eigenvalue weighted by molar-refractivity contribution is -0.914. The van der Waals surface area contributed by atoms with Gasteiger partial charge < -0.3 is 24.4 Å². The Morgan fingerprint density at radius 1 is 1.07 bits per heavy atom. The van der Waals surface area contributed by atoms with E-state index in [0.717, 1.165) is 60.4 Å². The van der Waals surface area contributed by atoms with Gasteiger partial charge in [0.1, 0.15) is 23.0 Å². The number of rotatable bonds is 6. The number of aromatic hydroxyl groups is 1. The lowest BCUT2D eigenvalue weighted by Gasteiger charge is -2.33. The number of anilines is 1. The molecule has 0 bridgehead atoms. The molecule has 0 saturated carbocycles. The molecular weight excluding hydrogens is 386 g/mol. The summed E-state index contributed by atoms with van der Waals surface area (Å²) in [4.78, 5) is 8.62. The van der Waals surface area contributed by atoms with Crippen LogP contribution < -0.4 is 19.3 Å². The number of quaternary nitrogens is 1. The molecule has 4 rings (SSSR count). The first-order valence-electron chi connectivity index (χ1n) is 9.71. The number of hydrogen-bond acceptors (Lipinski definition) is 6. The third-order valence-corrected chi connectivity index (χ3v) is 6.25. The van der Waals surface area contributed by atoms with Gasteiger partial charge in [-0.25, -0.2) is 4.98 Å². The van der Waals surface area contributed by atoms with E-state index in [0.29, 0.717) is 11.5 Å². The number of phenolic OH excluding ortho intramolecular Hbond substituents is 1. The Hall–Kier alpha value is -2.77.